The van der Waals surface area contributed by atoms with Crippen LogP contribution in [0, 0.1) is 11.8 Å². The number of carbonyl (C=O) groups is 1. The molecule has 0 spiro atoms. The van der Waals surface area contributed by atoms with E-state index in [0.29, 0.717) is 17.9 Å². The van der Waals surface area contributed by atoms with Crippen molar-refractivity contribution in [1.29, 1.82) is 0 Å². The van der Waals surface area contributed by atoms with Crippen LogP contribution < -0.4 is 15.8 Å². The molecular formula is C19H23N3O3S. The Balaban J connectivity index is 1.67. The first-order valence-corrected chi connectivity index (χ1v) is 10.2. The second kappa shape index (κ2) is 7.88. The molecule has 2 atom stereocenters. The number of carbonyl (C=O) groups excluding carboxylic acids is 1. The lowest BCUT2D eigenvalue weighted by atomic mass is 9.95. The van der Waals surface area contributed by atoms with Crippen molar-refractivity contribution in [2.75, 3.05) is 16.6 Å². The van der Waals surface area contributed by atoms with Gasteiger partial charge in [0, 0.05) is 17.3 Å². The minimum Gasteiger partial charge on any atom is -0.330 e. The fourth-order valence-electron chi connectivity index (χ4n) is 3.34. The third-order valence-electron chi connectivity index (χ3n) is 4.76. The van der Waals surface area contributed by atoms with E-state index in [4.69, 9.17) is 5.73 Å². The molecule has 0 radical (unpaired) electrons. The minimum atomic E-state index is -3.67. The minimum absolute atomic E-state index is 0.0454. The van der Waals surface area contributed by atoms with Crippen molar-refractivity contribution >= 4 is 27.3 Å². The molecule has 0 unspecified atom stereocenters. The van der Waals surface area contributed by atoms with E-state index in [0.717, 1.165) is 19.3 Å². The topological polar surface area (TPSA) is 101 Å². The van der Waals surface area contributed by atoms with E-state index in [9.17, 15) is 13.2 Å². The van der Waals surface area contributed by atoms with Crippen LogP contribution in [0.4, 0.5) is 11.4 Å². The quantitative estimate of drug-likeness (QED) is 0.725. The van der Waals surface area contributed by atoms with Gasteiger partial charge in [-0.2, -0.15) is 0 Å². The summed E-state index contributed by atoms with van der Waals surface area (Å²) in [5.74, 6) is 0.115. The molecule has 0 saturated heterocycles. The van der Waals surface area contributed by atoms with Gasteiger partial charge < -0.3 is 11.1 Å². The Morgan fingerprint density at radius 3 is 2.35 bits per heavy atom. The van der Waals surface area contributed by atoms with Crippen LogP contribution in [-0.2, 0) is 14.8 Å². The maximum absolute atomic E-state index is 12.4. The fraction of sp³-hybridized carbons (Fsp3) is 0.316. The molecule has 0 aliphatic heterocycles. The largest absolute Gasteiger partial charge is 0.330 e. The van der Waals surface area contributed by atoms with E-state index in [-0.39, 0.29) is 22.6 Å². The van der Waals surface area contributed by atoms with Gasteiger partial charge in [-0.25, -0.2) is 8.42 Å². The van der Waals surface area contributed by atoms with E-state index < -0.39 is 10.0 Å². The predicted molar refractivity (Wildman–Crippen MR) is 102 cm³/mol. The molecule has 1 saturated carbocycles. The van der Waals surface area contributed by atoms with Gasteiger partial charge in [-0.05, 0) is 61.7 Å². The monoisotopic (exact) mass is 373 g/mol. The van der Waals surface area contributed by atoms with Crippen molar-refractivity contribution < 1.29 is 13.2 Å². The molecule has 1 fully saturated rings. The van der Waals surface area contributed by atoms with Crippen LogP contribution in [0.1, 0.15) is 19.3 Å². The van der Waals surface area contributed by atoms with Crippen LogP contribution in [-0.4, -0.2) is 20.9 Å². The summed E-state index contributed by atoms with van der Waals surface area (Å²) in [5, 5.41) is 2.87. The van der Waals surface area contributed by atoms with Crippen molar-refractivity contribution in [2.24, 2.45) is 17.6 Å². The SMILES string of the molecule is NC[C@H]1CCC[C@H]1C(=O)Nc1ccc(S(=O)(=O)Nc2ccccc2)cc1. The highest BCUT2D eigenvalue weighted by Crippen LogP contribution is 2.32. The second-order valence-corrected chi connectivity index (χ2v) is 8.20. The number of para-hydroxylation sites is 1. The number of benzene rings is 2. The van der Waals surface area contributed by atoms with Crippen molar-refractivity contribution in [3.05, 3.63) is 54.6 Å². The van der Waals surface area contributed by atoms with Gasteiger partial charge in [0.25, 0.3) is 10.0 Å². The van der Waals surface area contributed by atoms with Crippen molar-refractivity contribution in [1.82, 2.24) is 0 Å². The normalized spacial score (nSPS) is 19.9. The van der Waals surface area contributed by atoms with Gasteiger partial charge >= 0.3 is 0 Å². The Kier molecular flexibility index (Phi) is 5.58. The molecule has 0 bridgehead atoms. The molecule has 1 aliphatic carbocycles. The first kappa shape index (κ1) is 18.4. The average molecular weight is 373 g/mol. The highest BCUT2D eigenvalue weighted by molar-refractivity contribution is 7.92. The van der Waals surface area contributed by atoms with Crippen LogP contribution in [0.5, 0.6) is 0 Å². The molecule has 0 heterocycles. The van der Waals surface area contributed by atoms with Crippen LogP contribution in [0.3, 0.4) is 0 Å². The Labute approximate surface area is 153 Å². The predicted octanol–water partition coefficient (Wildman–Crippen LogP) is 2.80. The summed E-state index contributed by atoms with van der Waals surface area (Å²) in [6, 6.07) is 14.9. The lowest BCUT2D eigenvalue weighted by Gasteiger charge is -2.17. The summed E-state index contributed by atoms with van der Waals surface area (Å²) < 4.78 is 27.4. The number of sulfonamides is 1. The molecule has 2 aromatic carbocycles. The lowest BCUT2D eigenvalue weighted by molar-refractivity contribution is -0.120. The van der Waals surface area contributed by atoms with Gasteiger partial charge in [0.05, 0.1) is 4.90 Å². The van der Waals surface area contributed by atoms with E-state index in [1.54, 1.807) is 36.4 Å². The zero-order valence-corrected chi connectivity index (χ0v) is 15.2. The maximum atomic E-state index is 12.4. The van der Waals surface area contributed by atoms with Crippen molar-refractivity contribution in [2.45, 2.75) is 24.2 Å². The van der Waals surface area contributed by atoms with E-state index in [1.807, 2.05) is 6.07 Å². The van der Waals surface area contributed by atoms with Crippen molar-refractivity contribution in [3.8, 4) is 0 Å². The highest BCUT2D eigenvalue weighted by Gasteiger charge is 2.31. The molecular weight excluding hydrogens is 350 g/mol. The molecule has 3 rings (SSSR count). The number of hydrogen-bond donors (Lipinski definition) is 3. The molecule has 7 heteroatoms. The number of amides is 1. The summed E-state index contributed by atoms with van der Waals surface area (Å²) >= 11 is 0. The van der Waals surface area contributed by atoms with Gasteiger partial charge in [-0.15, -0.1) is 0 Å². The summed E-state index contributed by atoms with van der Waals surface area (Å²) in [5.41, 5.74) is 6.81. The smallest absolute Gasteiger partial charge is 0.261 e. The van der Waals surface area contributed by atoms with Crippen LogP contribution in [0.2, 0.25) is 0 Å². The number of anilines is 2. The Bertz CT molecular complexity index is 851. The van der Waals surface area contributed by atoms with Crippen LogP contribution in [0.25, 0.3) is 0 Å². The Morgan fingerprint density at radius 2 is 1.69 bits per heavy atom. The summed E-state index contributed by atoms with van der Waals surface area (Å²) in [7, 11) is -3.67. The lowest BCUT2D eigenvalue weighted by Crippen LogP contribution is -2.29. The van der Waals surface area contributed by atoms with Crippen molar-refractivity contribution in [3.63, 3.8) is 0 Å². The molecule has 138 valence electrons. The van der Waals surface area contributed by atoms with Gasteiger partial charge in [-0.3, -0.25) is 9.52 Å². The van der Waals surface area contributed by atoms with E-state index in [1.165, 1.54) is 12.1 Å². The first-order chi connectivity index (χ1) is 12.5. The Hall–Kier alpha value is -2.38. The van der Waals surface area contributed by atoms with Gasteiger partial charge in [0.15, 0.2) is 0 Å². The van der Waals surface area contributed by atoms with E-state index >= 15 is 0 Å². The molecule has 0 aromatic heterocycles. The zero-order chi connectivity index (χ0) is 18.6. The zero-order valence-electron chi connectivity index (χ0n) is 14.4. The first-order valence-electron chi connectivity index (χ1n) is 8.68. The fourth-order valence-corrected chi connectivity index (χ4v) is 4.40. The number of rotatable bonds is 6. The molecule has 26 heavy (non-hydrogen) atoms. The maximum Gasteiger partial charge on any atom is 0.261 e. The molecule has 1 aliphatic rings. The molecule has 2 aromatic rings. The third-order valence-corrected chi connectivity index (χ3v) is 6.15. The number of nitrogens with two attached hydrogens (primary N) is 1. The molecule has 4 N–H and O–H groups in total. The van der Waals surface area contributed by atoms with Gasteiger partial charge in [0.1, 0.15) is 0 Å². The number of hydrogen-bond acceptors (Lipinski definition) is 4. The van der Waals surface area contributed by atoms with E-state index in [2.05, 4.69) is 10.0 Å². The average Bonchev–Trinajstić information content (AvgIpc) is 3.11. The summed E-state index contributed by atoms with van der Waals surface area (Å²) in [6.07, 6.45) is 2.85. The van der Waals surface area contributed by atoms with Gasteiger partial charge in [-0.1, -0.05) is 24.6 Å². The van der Waals surface area contributed by atoms with Gasteiger partial charge in [0.2, 0.25) is 5.91 Å². The second-order valence-electron chi connectivity index (χ2n) is 6.52. The molecule has 6 nitrogen and oxygen atoms in total. The van der Waals surface area contributed by atoms with Crippen LogP contribution >= 0.6 is 0 Å². The van der Waals surface area contributed by atoms with Crippen LogP contribution in [0.15, 0.2) is 59.5 Å². The third kappa shape index (κ3) is 4.23. The summed E-state index contributed by atoms with van der Waals surface area (Å²) in [4.78, 5) is 12.5. The summed E-state index contributed by atoms with van der Waals surface area (Å²) in [6.45, 7) is 0.514. The number of nitrogens with one attached hydrogen (secondary N) is 2. The highest BCUT2D eigenvalue weighted by atomic mass is 32.2. The Morgan fingerprint density at radius 1 is 1.00 bits per heavy atom. The molecule has 1 amide bonds. The standard InChI is InChI=1S/C19H23N3O3S/c20-13-14-5-4-8-18(14)19(23)21-15-9-11-17(12-10-15)26(24,25)22-16-6-2-1-3-7-16/h1-3,6-7,9-12,14,18,22H,4-5,8,13,20H2,(H,21,23)/t14-,18-/m1/s1.